The van der Waals surface area contributed by atoms with Gasteiger partial charge in [-0.05, 0) is 54.5 Å². The van der Waals surface area contributed by atoms with Crippen LogP contribution < -0.4 is 5.32 Å². The molecule has 1 saturated carbocycles. The van der Waals surface area contributed by atoms with E-state index in [-0.39, 0.29) is 18.9 Å². The number of oxime groups is 1. The van der Waals surface area contributed by atoms with Gasteiger partial charge >= 0.3 is 12.1 Å². The average Bonchev–Trinajstić information content (AvgIpc) is 2.82. The molecule has 3 rings (SSSR count). The molecule has 0 aromatic heterocycles. The van der Waals surface area contributed by atoms with Crippen molar-refractivity contribution < 1.29 is 27.9 Å². The molecular weight excluding hydrogens is 481 g/mol. The molecule has 0 radical (unpaired) electrons. The van der Waals surface area contributed by atoms with Crippen molar-refractivity contribution >= 4 is 23.3 Å². The quantitative estimate of drug-likeness (QED) is 0.207. The molecule has 2 aromatic carbocycles. The lowest BCUT2D eigenvalue weighted by molar-refractivity contribution is -0.139. The number of hydrogen-bond acceptors (Lipinski definition) is 4. The number of nitrogens with zero attached hydrogens (tertiary/aromatic N) is 1. The second-order valence-corrected chi connectivity index (χ2v) is 9.24. The van der Waals surface area contributed by atoms with Crippen LogP contribution in [0.2, 0.25) is 5.02 Å². The normalized spacial score (nSPS) is 15.3. The van der Waals surface area contributed by atoms with Crippen molar-refractivity contribution in [2.75, 3.05) is 6.54 Å². The van der Waals surface area contributed by atoms with Gasteiger partial charge in [0.25, 0.3) is 0 Å². The lowest BCUT2D eigenvalue weighted by Crippen LogP contribution is -2.17. The zero-order valence-corrected chi connectivity index (χ0v) is 20.4. The fourth-order valence-corrected chi connectivity index (χ4v) is 4.55. The van der Waals surface area contributed by atoms with Gasteiger partial charge in [-0.25, -0.2) is 0 Å². The molecule has 0 unspecified atom stereocenters. The Morgan fingerprint density at radius 1 is 1.17 bits per heavy atom. The number of halogens is 4. The van der Waals surface area contributed by atoms with E-state index in [0.717, 1.165) is 37.7 Å². The van der Waals surface area contributed by atoms with Crippen LogP contribution in [0.5, 0.6) is 0 Å². The first kappa shape index (κ1) is 27.0. The lowest BCUT2D eigenvalue weighted by Gasteiger charge is -2.25. The van der Waals surface area contributed by atoms with Gasteiger partial charge < -0.3 is 15.3 Å². The van der Waals surface area contributed by atoms with Crippen molar-refractivity contribution in [1.29, 1.82) is 0 Å². The maximum atomic E-state index is 13.7. The Morgan fingerprint density at radius 2 is 1.91 bits per heavy atom. The highest BCUT2D eigenvalue weighted by atomic mass is 35.5. The van der Waals surface area contributed by atoms with Gasteiger partial charge in [0.2, 0.25) is 0 Å². The van der Waals surface area contributed by atoms with Gasteiger partial charge in [0.1, 0.15) is 6.61 Å². The van der Waals surface area contributed by atoms with Crippen LogP contribution in [0.25, 0.3) is 0 Å². The van der Waals surface area contributed by atoms with Gasteiger partial charge in [-0.1, -0.05) is 60.3 Å². The number of alkyl halides is 3. The minimum absolute atomic E-state index is 0.0204. The molecule has 0 amide bonds. The molecular formula is C26H30ClF3N2O3. The minimum Gasteiger partial charge on any atom is -0.481 e. The second kappa shape index (κ2) is 12.4. The van der Waals surface area contributed by atoms with Crippen LogP contribution in [0.3, 0.4) is 0 Å². The Hall–Kier alpha value is -2.58. The SMILES string of the molecule is C/C(=N\OCc1ccc(C2CCCCC2)c(C(F)(F)F)c1)c1ccc(CNCCC(=O)O)c(Cl)c1. The molecule has 9 heteroatoms. The summed E-state index contributed by atoms with van der Waals surface area (Å²) in [5, 5.41) is 16.2. The molecule has 0 aliphatic heterocycles. The molecule has 0 spiro atoms. The Labute approximate surface area is 208 Å². The summed E-state index contributed by atoms with van der Waals surface area (Å²) in [5.41, 5.74) is 2.28. The zero-order valence-electron chi connectivity index (χ0n) is 19.6. The summed E-state index contributed by atoms with van der Waals surface area (Å²) in [4.78, 5) is 15.9. The molecule has 1 aliphatic rings. The van der Waals surface area contributed by atoms with E-state index in [0.29, 0.717) is 40.5 Å². The van der Waals surface area contributed by atoms with E-state index in [1.165, 1.54) is 6.07 Å². The van der Waals surface area contributed by atoms with Gasteiger partial charge in [-0.2, -0.15) is 13.2 Å². The number of hydrogen-bond donors (Lipinski definition) is 2. The standard InChI is InChI=1S/C26H30ClF3N2O3/c1-17(20-8-9-21(24(27)14-20)15-31-12-11-25(33)34)32-35-16-18-7-10-22(19-5-3-2-4-6-19)23(13-18)26(28,29)30/h7-10,13-14,19,31H,2-6,11-12,15-16H2,1H3,(H,33,34)/b32-17+. The molecule has 0 saturated heterocycles. The summed E-state index contributed by atoms with van der Waals surface area (Å²) >= 11 is 6.33. The molecule has 190 valence electrons. The summed E-state index contributed by atoms with van der Waals surface area (Å²) in [5.74, 6) is -0.920. The molecule has 0 atom stereocenters. The average molecular weight is 511 g/mol. The maximum Gasteiger partial charge on any atom is 0.416 e. The van der Waals surface area contributed by atoms with E-state index in [9.17, 15) is 18.0 Å². The predicted molar refractivity (Wildman–Crippen MR) is 130 cm³/mol. The Balaban J connectivity index is 1.63. The van der Waals surface area contributed by atoms with Crippen molar-refractivity contribution in [3.63, 3.8) is 0 Å². The van der Waals surface area contributed by atoms with Gasteiger partial charge in [0.15, 0.2) is 0 Å². The highest BCUT2D eigenvalue weighted by Crippen LogP contribution is 2.41. The second-order valence-electron chi connectivity index (χ2n) is 8.83. The number of carbonyl (C=O) groups is 1. The summed E-state index contributed by atoms with van der Waals surface area (Å²) in [6, 6.07) is 9.80. The third-order valence-electron chi connectivity index (χ3n) is 6.20. The number of benzene rings is 2. The van der Waals surface area contributed by atoms with Crippen LogP contribution in [0.15, 0.2) is 41.6 Å². The molecule has 1 fully saturated rings. The van der Waals surface area contributed by atoms with E-state index in [1.54, 1.807) is 25.1 Å². The van der Waals surface area contributed by atoms with Crippen LogP contribution >= 0.6 is 11.6 Å². The van der Waals surface area contributed by atoms with Gasteiger partial charge in [-0.3, -0.25) is 4.79 Å². The van der Waals surface area contributed by atoms with Crippen molar-refractivity contribution in [2.45, 2.75) is 70.7 Å². The third kappa shape index (κ3) is 7.97. The van der Waals surface area contributed by atoms with Crippen molar-refractivity contribution in [3.05, 3.63) is 69.2 Å². The van der Waals surface area contributed by atoms with Crippen molar-refractivity contribution in [3.8, 4) is 0 Å². The van der Waals surface area contributed by atoms with Crippen LogP contribution in [-0.2, 0) is 29.0 Å². The third-order valence-corrected chi connectivity index (χ3v) is 6.55. The fourth-order valence-electron chi connectivity index (χ4n) is 4.30. The topological polar surface area (TPSA) is 70.9 Å². The van der Waals surface area contributed by atoms with E-state index in [4.69, 9.17) is 21.5 Å². The van der Waals surface area contributed by atoms with Gasteiger partial charge in [0.05, 0.1) is 17.7 Å². The molecule has 2 aromatic rings. The first-order valence-corrected chi connectivity index (χ1v) is 12.1. The number of aliphatic carboxylic acids is 1. The molecule has 0 heterocycles. The van der Waals surface area contributed by atoms with E-state index in [1.807, 2.05) is 12.1 Å². The highest BCUT2D eigenvalue weighted by Gasteiger charge is 2.35. The van der Waals surface area contributed by atoms with Crippen molar-refractivity contribution in [1.82, 2.24) is 5.32 Å². The van der Waals surface area contributed by atoms with Crippen LogP contribution in [0, 0.1) is 0 Å². The number of carboxylic acids is 1. The Morgan fingerprint density at radius 3 is 2.57 bits per heavy atom. The molecule has 35 heavy (non-hydrogen) atoms. The van der Waals surface area contributed by atoms with Gasteiger partial charge in [0, 0.05) is 23.7 Å². The molecule has 1 aliphatic carbocycles. The highest BCUT2D eigenvalue weighted by molar-refractivity contribution is 6.31. The summed E-state index contributed by atoms with van der Waals surface area (Å²) in [6.45, 7) is 2.41. The first-order valence-electron chi connectivity index (χ1n) is 11.7. The zero-order chi connectivity index (χ0) is 25.4. The monoisotopic (exact) mass is 510 g/mol. The van der Waals surface area contributed by atoms with Crippen LogP contribution in [0.1, 0.15) is 79.2 Å². The smallest absolute Gasteiger partial charge is 0.416 e. The summed E-state index contributed by atoms with van der Waals surface area (Å²) in [6.07, 6.45) is 0.207. The fraction of sp³-hybridized carbons (Fsp3) is 0.462. The van der Waals surface area contributed by atoms with Crippen LogP contribution in [0.4, 0.5) is 13.2 Å². The maximum absolute atomic E-state index is 13.7. The number of nitrogens with one attached hydrogen (secondary N) is 1. The molecule has 2 N–H and O–H groups in total. The van der Waals surface area contributed by atoms with Crippen molar-refractivity contribution in [2.24, 2.45) is 5.16 Å². The predicted octanol–water partition coefficient (Wildman–Crippen LogP) is 6.91. The Bertz CT molecular complexity index is 1050. The van der Waals surface area contributed by atoms with E-state index >= 15 is 0 Å². The summed E-state index contributed by atoms with van der Waals surface area (Å²) in [7, 11) is 0. The molecule has 0 bridgehead atoms. The Kier molecular flexibility index (Phi) is 9.57. The van der Waals surface area contributed by atoms with Gasteiger partial charge in [-0.15, -0.1) is 0 Å². The first-order chi connectivity index (χ1) is 16.6. The number of rotatable bonds is 10. The lowest BCUT2D eigenvalue weighted by atomic mass is 9.81. The largest absolute Gasteiger partial charge is 0.481 e. The van der Waals surface area contributed by atoms with Crippen LogP contribution in [-0.4, -0.2) is 23.3 Å². The minimum atomic E-state index is -4.41. The van der Waals surface area contributed by atoms with E-state index < -0.39 is 17.7 Å². The van der Waals surface area contributed by atoms with E-state index in [2.05, 4.69) is 10.5 Å². The number of carboxylic acid groups (broad SMARTS) is 1. The summed E-state index contributed by atoms with van der Waals surface area (Å²) < 4.78 is 41.2. The molecule has 5 nitrogen and oxygen atoms in total.